The average Bonchev–Trinajstić information content (AvgIpc) is 3.04. The molecule has 8 nitrogen and oxygen atoms in total. The maximum Gasteiger partial charge on any atom is 0.394 e. The summed E-state index contributed by atoms with van der Waals surface area (Å²) in [6, 6.07) is 7.85. The minimum atomic E-state index is -2.10. The second kappa shape index (κ2) is 7.97. The molecule has 130 valence electrons. The molecular weight excluding hydrogens is 346 g/mol. The summed E-state index contributed by atoms with van der Waals surface area (Å²) in [4.78, 5) is 34.9. The largest absolute Gasteiger partial charge is 0.427 e. The molecule has 2 heterocycles. The standard InChI is InChI=1S/C15H16BN2O6P/c16-10-1-3-11(4-2-10)24-25(21)22-9-12-5-6-14(23-12)18-8-7-13(19)17-15(18)20/h1-4,7-8,12,14,21H,5-6,9H2,(H,17,19,20). The first kappa shape index (κ1) is 17.9. The Kier molecular flexibility index (Phi) is 5.70. The third kappa shape index (κ3) is 4.79. The first-order valence-electron chi connectivity index (χ1n) is 7.63. The Hall–Kier alpha value is -1.93. The van der Waals surface area contributed by atoms with Crippen LogP contribution in [0, 0.1) is 0 Å². The first-order valence-corrected chi connectivity index (χ1v) is 8.76. The van der Waals surface area contributed by atoms with E-state index < -0.39 is 26.1 Å². The second-order valence-electron chi connectivity index (χ2n) is 5.50. The number of rotatable bonds is 6. The van der Waals surface area contributed by atoms with Crippen molar-refractivity contribution < 1.29 is 18.7 Å². The van der Waals surface area contributed by atoms with Crippen molar-refractivity contribution in [3.8, 4) is 5.75 Å². The van der Waals surface area contributed by atoms with Gasteiger partial charge in [0, 0.05) is 12.3 Å². The molecule has 2 radical (unpaired) electrons. The molecule has 1 aromatic carbocycles. The van der Waals surface area contributed by atoms with E-state index in [1.165, 1.54) is 16.8 Å². The molecule has 10 heteroatoms. The Labute approximate surface area is 145 Å². The smallest absolute Gasteiger partial charge is 0.394 e. The first-order chi connectivity index (χ1) is 12.0. The molecule has 2 N–H and O–H groups in total. The lowest BCUT2D eigenvalue weighted by atomic mass is 9.97. The van der Waals surface area contributed by atoms with Gasteiger partial charge in [0.05, 0.1) is 12.7 Å². The zero-order chi connectivity index (χ0) is 17.8. The minimum absolute atomic E-state index is 0.131. The molecule has 1 aliphatic rings. The van der Waals surface area contributed by atoms with Crippen molar-refractivity contribution >= 4 is 21.9 Å². The van der Waals surface area contributed by atoms with Crippen molar-refractivity contribution in [2.45, 2.75) is 25.2 Å². The van der Waals surface area contributed by atoms with Gasteiger partial charge in [0.1, 0.15) is 19.8 Å². The van der Waals surface area contributed by atoms with Gasteiger partial charge in [-0.2, -0.15) is 0 Å². The summed E-state index contributed by atoms with van der Waals surface area (Å²) in [6.07, 6.45) is 1.90. The fourth-order valence-electron chi connectivity index (χ4n) is 2.46. The fraction of sp³-hybridized carbons (Fsp3) is 0.333. The van der Waals surface area contributed by atoms with Crippen molar-refractivity contribution in [1.82, 2.24) is 9.55 Å². The lowest BCUT2D eigenvalue weighted by molar-refractivity contribution is -0.0213. The highest BCUT2D eigenvalue weighted by atomic mass is 31.2. The van der Waals surface area contributed by atoms with Gasteiger partial charge in [-0.3, -0.25) is 18.9 Å². The summed E-state index contributed by atoms with van der Waals surface area (Å²) in [7, 11) is 3.48. The van der Waals surface area contributed by atoms with Crippen molar-refractivity contribution in [3.63, 3.8) is 0 Å². The lowest BCUT2D eigenvalue weighted by Crippen LogP contribution is -2.31. The maximum absolute atomic E-state index is 11.8. The van der Waals surface area contributed by atoms with Crippen LogP contribution in [-0.4, -0.2) is 35.0 Å². The van der Waals surface area contributed by atoms with E-state index >= 15 is 0 Å². The predicted molar refractivity (Wildman–Crippen MR) is 92.0 cm³/mol. The SMILES string of the molecule is [B]c1ccc(OP(O)OCC2CCC(n3ccc(=O)[nH]c3=O)O2)cc1. The third-order valence-corrected chi connectivity index (χ3v) is 4.42. The number of aromatic nitrogens is 2. The van der Waals surface area contributed by atoms with Crippen molar-refractivity contribution in [3.05, 3.63) is 57.4 Å². The summed E-state index contributed by atoms with van der Waals surface area (Å²) in [5.41, 5.74) is -0.376. The Morgan fingerprint density at radius 1 is 1.28 bits per heavy atom. The third-order valence-electron chi connectivity index (χ3n) is 3.68. The van der Waals surface area contributed by atoms with E-state index in [-0.39, 0.29) is 12.7 Å². The van der Waals surface area contributed by atoms with E-state index in [2.05, 4.69) is 4.98 Å². The van der Waals surface area contributed by atoms with Gasteiger partial charge in [0.2, 0.25) is 0 Å². The predicted octanol–water partition coefficient (Wildman–Crippen LogP) is 0.323. The topological polar surface area (TPSA) is 103 Å². The summed E-state index contributed by atoms with van der Waals surface area (Å²) < 4.78 is 17.6. The Bertz CT molecular complexity index is 824. The molecule has 3 rings (SSSR count). The zero-order valence-electron chi connectivity index (χ0n) is 13.2. The normalized spacial score (nSPS) is 21.2. The Balaban J connectivity index is 1.49. The van der Waals surface area contributed by atoms with E-state index in [9.17, 15) is 14.5 Å². The number of hydrogen-bond donors (Lipinski definition) is 2. The molecule has 1 aromatic heterocycles. The monoisotopic (exact) mass is 362 g/mol. The second-order valence-corrected chi connectivity index (χ2v) is 6.42. The van der Waals surface area contributed by atoms with Crippen LogP contribution in [0.5, 0.6) is 5.75 Å². The Morgan fingerprint density at radius 2 is 2.04 bits per heavy atom. The van der Waals surface area contributed by atoms with Gasteiger partial charge >= 0.3 is 14.3 Å². The quantitative estimate of drug-likeness (QED) is 0.567. The number of H-pyrrole nitrogens is 1. The van der Waals surface area contributed by atoms with Gasteiger partial charge in [-0.1, -0.05) is 17.6 Å². The van der Waals surface area contributed by atoms with Crippen molar-refractivity contribution in [1.29, 1.82) is 0 Å². The maximum atomic E-state index is 11.8. The molecule has 1 saturated heterocycles. The van der Waals surface area contributed by atoms with Crippen LogP contribution < -0.4 is 21.2 Å². The molecule has 0 saturated carbocycles. The van der Waals surface area contributed by atoms with Gasteiger partial charge in [-0.25, -0.2) is 4.79 Å². The van der Waals surface area contributed by atoms with Crippen LogP contribution >= 0.6 is 8.60 Å². The lowest BCUT2D eigenvalue weighted by Gasteiger charge is -2.17. The summed E-state index contributed by atoms with van der Waals surface area (Å²) in [5, 5.41) is 0. The van der Waals surface area contributed by atoms with Gasteiger partial charge in [-0.05, 0) is 25.0 Å². The number of ether oxygens (including phenoxy) is 1. The molecular formula is C15H16BN2O6P. The molecule has 25 heavy (non-hydrogen) atoms. The number of nitrogens with one attached hydrogen (secondary N) is 1. The molecule has 0 spiro atoms. The fourth-order valence-corrected chi connectivity index (χ4v) is 3.11. The van der Waals surface area contributed by atoms with Crippen LogP contribution in [0.25, 0.3) is 0 Å². The minimum Gasteiger partial charge on any atom is -0.427 e. The highest BCUT2D eigenvalue weighted by Gasteiger charge is 2.28. The van der Waals surface area contributed by atoms with Gasteiger partial charge < -0.3 is 14.2 Å². The van der Waals surface area contributed by atoms with Crippen molar-refractivity contribution in [2.75, 3.05) is 6.61 Å². The summed E-state index contributed by atoms with van der Waals surface area (Å²) >= 11 is 0. The summed E-state index contributed by atoms with van der Waals surface area (Å²) in [5.74, 6) is 0.452. The van der Waals surface area contributed by atoms with Crippen molar-refractivity contribution in [2.24, 2.45) is 0 Å². The molecule has 3 unspecified atom stereocenters. The van der Waals surface area contributed by atoms with E-state index in [0.29, 0.717) is 24.1 Å². The van der Waals surface area contributed by atoms with Gasteiger partial charge in [0.15, 0.2) is 0 Å². The van der Waals surface area contributed by atoms with Crippen LogP contribution in [0.3, 0.4) is 0 Å². The Morgan fingerprint density at radius 3 is 2.76 bits per heavy atom. The highest BCUT2D eigenvalue weighted by Crippen LogP contribution is 2.36. The van der Waals surface area contributed by atoms with E-state index in [0.717, 1.165) is 0 Å². The number of benzene rings is 1. The molecule has 1 fully saturated rings. The van der Waals surface area contributed by atoms with E-state index in [1.54, 1.807) is 24.3 Å². The van der Waals surface area contributed by atoms with Crippen LogP contribution in [-0.2, 0) is 9.26 Å². The number of aromatic amines is 1. The van der Waals surface area contributed by atoms with Crippen LogP contribution in [0.1, 0.15) is 19.1 Å². The molecule has 0 bridgehead atoms. The van der Waals surface area contributed by atoms with Gasteiger partial charge in [0.25, 0.3) is 5.56 Å². The number of hydrogen-bond acceptors (Lipinski definition) is 6. The molecule has 3 atom stereocenters. The molecule has 0 aliphatic carbocycles. The average molecular weight is 362 g/mol. The molecule has 0 amide bonds. The van der Waals surface area contributed by atoms with Gasteiger partial charge in [-0.15, -0.1) is 0 Å². The van der Waals surface area contributed by atoms with Crippen LogP contribution in [0.15, 0.2) is 46.1 Å². The number of nitrogens with zero attached hydrogens (tertiary/aromatic N) is 1. The van der Waals surface area contributed by atoms with Crippen LogP contribution in [0.4, 0.5) is 0 Å². The highest BCUT2D eigenvalue weighted by molar-refractivity contribution is 7.41. The van der Waals surface area contributed by atoms with E-state index in [4.69, 9.17) is 21.6 Å². The molecule has 1 aliphatic heterocycles. The molecule has 2 aromatic rings. The zero-order valence-corrected chi connectivity index (χ0v) is 14.1. The summed E-state index contributed by atoms with van der Waals surface area (Å²) in [6.45, 7) is 0.131. The van der Waals surface area contributed by atoms with E-state index in [1.807, 2.05) is 0 Å². The van der Waals surface area contributed by atoms with Crippen LogP contribution in [0.2, 0.25) is 0 Å².